The molecule has 0 saturated carbocycles. The fourth-order valence-corrected chi connectivity index (χ4v) is 1.65. The zero-order valence-electron chi connectivity index (χ0n) is 8.27. The molecular weight excluding hydrogens is 256 g/mol. The first kappa shape index (κ1) is 10.4. The molecule has 0 aliphatic heterocycles. The molecule has 0 fully saturated rings. The molecule has 0 amide bonds. The first-order chi connectivity index (χ1) is 7.16. The summed E-state index contributed by atoms with van der Waals surface area (Å²) >= 11 is 3.40. The Labute approximate surface area is 96.4 Å². The highest BCUT2D eigenvalue weighted by molar-refractivity contribution is 9.10. The first-order valence-electron chi connectivity index (χ1n) is 4.64. The van der Waals surface area contributed by atoms with Crippen LogP contribution in [0.2, 0.25) is 0 Å². The van der Waals surface area contributed by atoms with Gasteiger partial charge in [-0.1, -0.05) is 22.0 Å². The number of halogens is 1. The lowest BCUT2D eigenvalue weighted by atomic mass is 10.2. The van der Waals surface area contributed by atoms with Crippen LogP contribution < -0.4 is 5.73 Å². The van der Waals surface area contributed by atoms with Crippen LogP contribution in [0.15, 0.2) is 39.4 Å². The summed E-state index contributed by atoms with van der Waals surface area (Å²) in [7, 11) is 0. The Balaban J connectivity index is 2.37. The molecule has 1 heterocycles. The lowest BCUT2D eigenvalue weighted by Crippen LogP contribution is -2.04. The van der Waals surface area contributed by atoms with Gasteiger partial charge in [0.05, 0.1) is 5.69 Å². The average Bonchev–Trinajstić information content (AvgIpc) is 2.66. The van der Waals surface area contributed by atoms with Crippen LogP contribution >= 0.6 is 15.9 Å². The van der Waals surface area contributed by atoms with Gasteiger partial charge in [0.15, 0.2) is 0 Å². The fraction of sp³-hybridized carbons (Fsp3) is 0.182. The van der Waals surface area contributed by atoms with E-state index in [1.165, 1.54) is 0 Å². The number of nitrogens with two attached hydrogens (primary N) is 1. The molecular formula is C11H11BrN2O. The van der Waals surface area contributed by atoms with Crippen molar-refractivity contribution in [2.45, 2.75) is 13.0 Å². The maximum absolute atomic E-state index is 5.70. The van der Waals surface area contributed by atoms with Gasteiger partial charge in [0.25, 0.3) is 0 Å². The lowest BCUT2D eigenvalue weighted by Gasteiger charge is -1.97. The van der Waals surface area contributed by atoms with E-state index < -0.39 is 0 Å². The largest absolute Gasteiger partial charge is 0.444 e. The van der Waals surface area contributed by atoms with Gasteiger partial charge >= 0.3 is 0 Å². The fourth-order valence-electron chi connectivity index (χ4n) is 1.25. The van der Waals surface area contributed by atoms with Crippen molar-refractivity contribution in [1.29, 1.82) is 0 Å². The van der Waals surface area contributed by atoms with Gasteiger partial charge < -0.3 is 10.2 Å². The van der Waals surface area contributed by atoms with Crippen LogP contribution in [0, 0.1) is 0 Å². The molecule has 0 bridgehead atoms. The van der Waals surface area contributed by atoms with E-state index in [-0.39, 0.29) is 6.04 Å². The SMILES string of the molecule is CC(N)c1coc(-c2cccc(Br)c2)n1. The Kier molecular flexibility index (Phi) is 2.88. The number of oxazole rings is 1. The topological polar surface area (TPSA) is 52.0 Å². The Morgan fingerprint density at radius 1 is 1.47 bits per heavy atom. The summed E-state index contributed by atoms with van der Waals surface area (Å²) in [6.07, 6.45) is 1.60. The Bertz CT molecular complexity index is 465. The van der Waals surface area contributed by atoms with Gasteiger partial charge in [-0.3, -0.25) is 0 Å². The second-order valence-electron chi connectivity index (χ2n) is 3.38. The highest BCUT2D eigenvalue weighted by Gasteiger charge is 2.09. The molecule has 0 saturated heterocycles. The van der Waals surface area contributed by atoms with Gasteiger partial charge in [-0.2, -0.15) is 0 Å². The predicted molar refractivity (Wildman–Crippen MR) is 62.2 cm³/mol. The number of aromatic nitrogens is 1. The van der Waals surface area contributed by atoms with E-state index in [4.69, 9.17) is 10.2 Å². The number of benzene rings is 1. The normalized spacial score (nSPS) is 12.7. The third-order valence-electron chi connectivity index (χ3n) is 2.06. The Morgan fingerprint density at radius 2 is 2.27 bits per heavy atom. The number of nitrogens with zero attached hydrogens (tertiary/aromatic N) is 1. The molecule has 2 aromatic rings. The molecule has 0 spiro atoms. The third-order valence-corrected chi connectivity index (χ3v) is 2.55. The maximum atomic E-state index is 5.70. The summed E-state index contributed by atoms with van der Waals surface area (Å²) in [5.41, 5.74) is 7.41. The number of hydrogen-bond acceptors (Lipinski definition) is 3. The minimum absolute atomic E-state index is 0.102. The van der Waals surface area contributed by atoms with E-state index in [0.717, 1.165) is 15.7 Å². The van der Waals surface area contributed by atoms with Gasteiger partial charge in [0.1, 0.15) is 6.26 Å². The molecule has 1 atom stereocenters. The van der Waals surface area contributed by atoms with Crippen molar-refractivity contribution in [1.82, 2.24) is 4.98 Å². The van der Waals surface area contributed by atoms with E-state index in [1.807, 2.05) is 31.2 Å². The van der Waals surface area contributed by atoms with E-state index in [2.05, 4.69) is 20.9 Å². The van der Waals surface area contributed by atoms with Crippen molar-refractivity contribution in [2.75, 3.05) is 0 Å². The highest BCUT2D eigenvalue weighted by atomic mass is 79.9. The zero-order valence-corrected chi connectivity index (χ0v) is 9.86. The van der Waals surface area contributed by atoms with Gasteiger partial charge in [-0.15, -0.1) is 0 Å². The summed E-state index contributed by atoms with van der Waals surface area (Å²) < 4.78 is 6.36. The minimum Gasteiger partial charge on any atom is -0.444 e. The summed E-state index contributed by atoms with van der Waals surface area (Å²) in [5, 5.41) is 0. The van der Waals surface area contributed by atoms with Crippen LogP contribution in [0.25, 0.3) is 11.5 Å². The quantitative estimate of drug-likeness (QED) is 0.909. The second kappa shape index (κ2) is 4.16. The number of rotatable bonds is 2. The van der Waals surface area contributed by atoms with Crippen molar-refractivity contribution in [3.63, 3.8) is 0 Å². The summed E-state index contributed by atoms with van der Waals surface area (Å²) in [6.45, 7) is 1.88. The standard InChI is InChI=1S/C11H11BrN2O/c1-7(13)10-6-15-11(14-10)8-3-2-4-9(12)5-8/h2-7H,13H2,1H3. The van der Waals surface area contributed by atoms with Crippen LogP contribution in [-0.4, -0.2) is 4.98 Å². The molecule has 0 radical (unpaired) electrons. The summed E-state index contributed by atoms with van der Waals surface area (Å²) in [6, 6.07) is 7.70. The van der Waals surface area contributed by atoms with Crippen LogP contribution in [0.3, 0.4) is 0 Å². The van der Waals surface area contributed by atoms with E-state index in [0.29, 0.717) is 5.89 Å². The van der Waals surface area contributed by atoms with Crippen molar-refractivity contribution < 1.29 is 4.42 Å². The van der Waals surface area contributed by atoms with Crippen molar-refractivity contribution >= 4 is 15.9 Å². The zero-order chi connectivity index (χ0) is 10.8. The lowest BCUT2D eigenvalue weighted by molar-refractivity contribution is 0.570. The second-order valence-corrected chi connectivity index (χ2v) is 4.29. The molecule has 1 unspecified atom stereocenters. The smallest absolute Gasteiger partial charge is 0.226 e. The van der Waals surface area contributed by atoms with Crippen LogP contribution in [-0.2, 0) is 0 Å². The van der Waals surface area contributed by atoms with E-state index >= 15 is 0 Å². The van der Waals surface area contributed by atoms with Crippen molar-refractivity contribution in [2.24, 2.45) is 5.73 Å². The van der Waals surface area contributed by atoms with Crippen LogP contribution in [0.4, 0.5) is 0 Å². The maximum Gasteiger partial charge on any atom is 0.226 e. The molecule has 2 rings (SSSR count). The summed E-state index contributed by atoms with van der Waals surface area (Å²) in [5.74, 6) is 0.601. The molecule has 1 aromatic heterocycles. The van der Waals surface area contributed by atoms with Crippen molar-refractivity contribution in [3.05, 3.63) is 40.7 Å². The summed E-state index contributed by atoms with van der Waals surface area (Å²) in [4.78, 5) is 4.31. The molecule has 0 aliphatic carbocycles. The predicted octanol–water partition coefficient (Wildman–Crippen LogP) is 3.12. The molecule has 1 aromatic carbocycles. The molecule has 78 valence electrons. The Hall–Kier alpha value is -1.13. The van der Waals surface area contributed by atoms with Gasteiger partial charge in [-0.25, -0.2) is 4.98 Å². The average molecular weight is 267 g/mol. The van der Waals surface area contributed by atoms with E-state index in [9.17, 15) is 0 Å². The molecule has 15 heavy (non-hydrogen) atoms. The van der Waals surface area contributed by atoms with Crippen molar-refractivity contribution in [3.8, 4) is 11.5 Å². The van der Waals surface area contributed by atoms with Crippen LogP contribution in [0.1, 0.15) is 18.7 Å². The number of hydrogen-bond donors (Lipinski definition) is 1. The monoisotopic (exact) mass is 266 g/mol. The molecule has 4 heteroatoms. The minimum atomic E-state index is -0.102. The Morgan fingerprint density at radius 3 is 2.87 bits per heavy atom. The molecule has 2 N–H and O–H groups in total. The highest BCUT2D eigenvalue weighted by Crippen LogP contribution is 2.23. The van der Waals surface area contributed by atoms with Gasteiger partial charge in [0, 0.05) is 16.1 Å². The van der Waals surface area contributed by atoms with Crippen LogP contribution in [0.5, 0.6) is 0 Å². The third kappa shape index (κ3) is 2.27. The van der Waals surface area contributed by atoms with E-state index in [1.54, 1.807) is 6.26 Å². The molecule has 3 nitrogen and oxygen atoms in total. The molecule has 0 aliphatic rings. The van der Waals surface area contributed by atoms with Gasteiger partial charge in [-0.05, 0) is 25.1 Å². The van der Waals surface area contributed by atoms with Gasteiger partial charge in [0.2, 0.25) is 5.89 Å². The first-order valence-corrected chi connectivity index (χ1v) is 5.43.